The Hall–Kier alpha value is -1.39. The lowest BCUT2D eigenvalue weighted by Gasteiger charge is -2.33. The van der Waals surface area contributed by atoms with Gasteiger partial charge in [-0.05, 0) is 44.5 Å². The molecular weight excluding hydrogens is 238 g/mol. The summed E-state index contributed by atoms with van der Waals surface area (Å²) in [5, 5.41) is 3.40. The molecule has 4 heteroatoms. The number of hydrogen-bond acceptors (Lipinski definition) is 3. The molecule has 0 amide bonds. The molecule has 0 aliphatic carbocycles. The Labute approximate surface area is 113 Å². The quantitative estimate of drug-likeness (QED) is 0.898. The molecule has 1 aliphatic heterocycles. The summed E-state index contributed by atoms with van der Waals surface area (Å²) >= 11 is 0. The van der Waals surface area contributed by atoms with Crippen molar-refractivity contribution in [2.75, 3.05) is 20.2 Å². The summed E-state index contributed by atoms with van der Waals surface area (Å²) in [7, 11) is 1.79. The zero-order chi connectivity index (χ0) is 13.4. The van der Waals surface area contributed by atoms with Crippen LogP contribution in [-0.2, 0) is 4.74 Å². The zero-order valence-electron chi connectivity index (χ0n) is 11.8. The predicted molar refractivity (Wildman–Crippen MR) is 76.5 cm³/mol. The summed E-state index contributed by atoms with van der Waals surface area (Å²) in [6, 6.07) is 6.86. The van der Waals surface area contributed by atoms with Crippen LogP contribution < -0.4 is 5.32 Å². The van der Waals surface area contributed by atoms with Gasteiger partial charge in [0.05, 0.1) is 23.2 Å². The zero-order valence-corrected chi connectivity index (χ0v) is 11.8. The number of rotatable bonds is 2. The lowest BCUT2D eigenvalue weighted by molar-refractivity contribution is 0.0398. The van der Waals surface area contributed by atoms with Crippen molar-refractivity contribution < 1.29 is 4.74 Å². The molecule has 4 nitrogen and oxygen atoms in total. The van der Waals surface area contributed by atoms with E-state index in [1.54, 1.807) is 7.11 Å². The van der Waals surface area contributed by atoms with Gasteiger partial charge in [0.2, 0.25) is 0 Å². The van der Waals surface area contributed by atoms with E-state index in [0.717, 1.165) is 30.9 Å². The van der Waals surface area contributed by atoms with Crippen molar-refractivity contribution in [3.05, 3.63) is 29.6 Å². The largest absolute Gasteiger partial charge is 0.378 e. The minimum absolute atomic E-state index is 0.214. The van der Waals surface area contributed by atoms with Gasteiger partial charge in [0.15, 0.2) is 0 Å². The lowest BCUT2D eigenvalue weighted by atomic mass is 10.0. The third-order valence-electron chi connectivity index (χ3n) is 4.05. The summed E-state index contributed by atoms with van der Waals surface area (Å²) in [5.74, 6) is 1.08. The highest BCUT2D eigenvalue weighted by Gasteiger charge is 2.28. The Bertz CT molecular complexity index is 590. The lowest BCUT2D eigenvalue weighted by Crippen LogP contribution is -2.43. The molecule has 2 atom stereocenters. The van der Waals surface area contributed by atoms with E-state index in [1.807, 2.05) is 0 Å². The highest BCUT2D eigenvalue weighted by atomic mass is 16.5. The molecule has 1 aliphatic rings. The second-order valence-corrected chi connectivity index (χ2v) is 5.36. The summed E-state index contributed by atoms with van der Waals surface area (Å²) in [4.78, 5) is 4.70. The van der Waals surface area contributed by atoms with E-state index >= 15 is 0 Å². The number of benzene rings is 1. The Kier molecular flexibility index (Phi) is 3.29. The van der Waals surface area contributed by atoms with Crippen LogP contribution in [-0.4, -0.2) is 35.9 Å². The third kappa shape index (κ3) is 2.15. The molecule has 0 spiro atoms. The maximum Gasteiger partial charge on any atom is 0.107 e. The monoisotopic (exact) mass is 259 g/mol. The number of aryl methyl sites for hydroxylation is 2. The van der Waals surface area contributed by atoms with Gasteiger partial charge in [0.25, 0.3) is 0 Å². The predicted octanol–water partition coefficient (Wildman–Crippen LogP) is 2.20. The Morgan fingerprint density at radius 3 is 3.00 bits per heavy atom. The Morgan fingerprint density at radius 1 is 1.37 bits per heavy atom. The molecule has 0 radical (unpaired) electrons. The molecule has 0 bridgehead atoms. The van der Waals surface area contributed by atoms with Crippen molar-refractivity contribution >= 4 is 11.0 Å². The molecule has 3 rings (SSSR count). The number of hydrogen-bond donors (Lipinski definition) is 1. The SMILES string of the molecule is CO[C@@H]1CNCC[C@H]1n1c(C)nc2cc(C)ccc21. The topological polar surface area (TPSA) is 39.1 Å². The van der Waals surface area contributed by atoms with Gasteiger partial charge in [-0.2, -0.15) is 0 Å². The summed E-state index contributed by atoms with van der Waals surface area (Å²) in [6.07, 6.45) is 1.30. The Balaban J connectivity index is 2.10. The fourth-order valence-corrected chi connectivity index (χ4v) is 3.10. The standard InChI is InChI=1S/C15H21N3O/c1-10-4-5-13-12(8-10)17-11(2)18(13)14-6-7-16-9-15(14)19-3/h4-5,8,14-16H,6-7,9H2,1-3H3/t14-,15-/m1/s1. The highest BCUT2D eigenvalue weighted by molar-refractivity contribution is 5.77. The first-order valence-corrected chi connectivity index (χ1v) is 6.89. The normalized spacial score (nSPS) is 23.9. The van der Waals surface area contributed by atoms with E-state index in [4.69, 9.17) is 9.72 Å². The van der Waals surface area contributed by atoms with E-state index < -0.39 is 0 Å². The van der Waals surface area contributed by atoms with Gasteiger partial charge >= 0.3 is 0 Å². The van der Waals surface area contributed by atoms with E-state index in [-0.39, 0.29) is 6.10 Å². The number of nitrogens with zero attached hydrogens (tertiary/aromatic N) is 2. The van der Waals surface area contributed by atoms with E-state index in [2.05, 4.69) is 41.9 Å². The van der Waals surface area contributed by atoms with Gasteiger partial charge in [-0.25, -0.2) is 4.98 Å². The molecule has 1 aromatic carbocycles. The number of nitrogens with one attached hydrogen (secondary N) is 1. The van der Waals surface area contributed by atoms with Gasteiger partial charge in [-0.1, -0.05) is 6.07 Å². The third-order valence-corrected chi connectivity index (χ3v) is 4.05. The molecule has 2 aromatic rings. The van der Waals surface area contributed by atoms with Crippen molar-refractivity contribution in [2.24, 2.45) is 0 Å². The van der Waals surface area contributed by atoms with Crippen LogP contribution in [0.4, 0.5) is 0 Å². The molecule has 1 fully saturated rings. The maximum atomic E-state index is 5.64. The minimum atomic E-state index is 0.214. The summed E-state index contributed by atoms with van der Waals surface area (Å²) in [6.45, 7) is 6.14. The van der Waals surface area contributed by atoms with Gasteiger partial charge in [-0.15, -0.1) is 0 Å². The van der Waals surface area contributed by atoms with E-state index in [0.29, 0.717) is 6.04 Å². The molecule has 19 heavy (non-hydrogen) atoms. The number of ether oxygens (including phenoxy) is 1. The fourth-order valence-electron chi connectivity index (χ4n) is 3.10. The average molecular weight is 259 g/mol. The molecule has 0 saturated carbocycles. The molecule has 0 unspecified atom stereocenters. The highest BCUT2D eigenvalue weighted by Crippen LogP contribution is 2.28. The van der Waals surface area contributed by atoms with Crippen molar-refractivity contribution in [3.8, 4) is 0 Å². The van der Waals surface area contributed by atoms with Crippen LogP contribution in [0.3, 0.4) is 0 Å². The van der Waals surface area contributed by atoms with Gasteiger partial charge in [0.1, 0.15) is 5.82 Å². The van der Waals surface area contributed by atoms with Gasteiger partial charge in [-0.3, -0.25) is 0 Å². The Morgan fingerprint density at radius 2 is 2.21 bits per heavy atom. The first-order chi connectivity index (χ1) is 9.20. The van der Waals surface area contributed by atoms with E-state index in [9.17, 15) is 0 Å². The first-order valence-electron chi connectivity index (χ1n) is 6.89. The fraction of sp³-hybridized carbons (Fsp3) is 0.533. The van der Waals surface area contributed by atoms with Gasteiger partial charge in [0, 0.05) is 13.7 Å². The van der Waals surface area contributed by atoms with Crippen molar-refractivity contribution in [1.29, 1.82) is 0 Å². The van der Waals surface area contributed by atoms with Crippen LogP contribution in [0.15, 0.2) is 18.2 Å². The van der Waals surface area contributed by atoms with Crippen LogP contribution in [0, 0.1) is 13.8 Å². The molecule has 2 heterocycles. The van der Waals surface area contributed by atoms with Crippen molar-refractivity contribution in [3.63, 3.8) is 0 Å². The van der Waals surface area contributed by atoms with Crippen LogP contribution in [0.2, 0.25) is 0 Å². The smallest absolute Gasteiger partial charge is 0.107 e. The second-order valence-electron chi connectivity index (χ2n) is 5.36. The molecule has 1 aromatic heterocycles. The number of imidazole rings is 1. The van der Waals surface area contributed by atoms with E-state index in [1.165, 1.54) is 11.1 Å². The first kappa shape index (κ1) is 12.6. The van der Waals surface area contributed by atoms with Crippen molar-refractivity contribution in [2.45, 2.75) is 32.4 Å². The summed E-state index contributed by atoms with van der Waals surface area (Å²) < 4.78 is 8.00. The minimum Gasteiger partial charge on any atom is -0.378 e. The summed E-state index contributed by atoms with van der Waals surface area (Å²) in [5.41, 5.74) is 3.56. The maximum absolute atomic E-state index is 5.64. The number of aromatic nitrogens is 2. The average Bonchev–Trinajstić information content (AvgIpc) is 2.73. The molecular formula is C15H21N3O. The number of fused-ring (bicyclic) bond motifs is 1. The van der Waals surface area contributed by atoms with Crippen molar-refractivity contribution in [1.82, 2.24) is 14.9 Å². The van der Waals surface area contributed by atoms with Crippen LogP contribution in [0.5, 0.6) is 0 Å². The van der Waals surface area contributed by atoms with Gasteiger partial charge < -0.3 is 14.6 Å². The van der Waals surface area contributed by atoms with Crippen LogP contribution in [0.1, 0.15) is 23.9 Å². The van der Waals surface area contributed by atoms with Crippen LogP contribution >= 0.6 is 0 Å². The molecule has 102 valence electrons. The number of piperidine rings is 1. The molecule has 1 saturated heterocycles. The number of methoxy groups -OCH3 is 1. The second kappa shape index (κ2) is 4.94. The molecule has 1 N–H and O–H groups in total. The van der Waals surface area contributed by atoms with Crippen LogP contribution in [0.25, 0.3) is 11.0 Å².